The van der Waals surface area contributed by atoms with Crippen molar-refractivity contribution in [2.75, 3.05) is 5.32 Å². The van der Waals surface area contributed by atoms with Gasteiger partial charge in [0.05, 0.1) is 9.15 Å². The van der Waals surface area contributed by atoms with Gasteiger partial charge in [-0.05, 0) is 48.9 Å². The summed E-state index contributed by atoms with van der Waals surface area (Å²) in [6.45, 7) is 6.38. The molecule has 1 aromatic carbocycles. The molecule has 23 heavy (non-hydrogen) atoms. The highest BCUT2D eigenvalue weighted by atomic mass is 79.9. The highest BCUT2D eigenvalue weighted by molar-refractivity contribution is 9.24. The molecule has 4 rings (SSSR count). The quantitative estimate of drug-likeness (QED) is 0.461. The van der Waals surface area contributed by atoms with Crippen LogP contribution in [0.25, 0.3) is 0 Å². The molecule has 3 atom stereocenters. The zero-order valence-electron chi connectivity index (χ0n) is 13.2. The van der Waals surface area contributed by atoms with E-state index >= 15 is 0 Å². The van der Waals surface area contributed by atoms with E-state index in [-0.39, 0.29) is 25.3 Å². The number of hydrogen-bond acceptors (Lipinski definition) is 1. The third-order valence-corrected chi connectivity index (χ3v) is 9.80. The molecule has 126 valence electrons. The summed E-state index contributed by atoms with van der Waals surface area (Å²) < 4.78 is 0.183. The zero-order chi connectivity index (χ0) is 17.2. The van der Waals surface area contributed by atoms with Crippen LogP contribution in [0.15, 0.2) is 18.2 Å². The Hall–Kier alpha value is 0.420. The van der Waals surface area contributed by atoms with Crippen molar-refractivity contribution in [2.24, 2.45) is 16.2 Å². The molecule has 1 aromatic rings. The number of halogens is 4. The summed E-state index contributed by atoms with van der Waals surface area (Å²) in [6.07, 6.45) is 1.91. The molecule has 2 nitrogen and oxygen atoms in total. The molecule has 0 aromatic heterocycles. The Labute approximate surface area is 167 Å². The predicted molar refractivity (Wildman–Crippen MR) is 107 cm³/mol. The summed E-state index contributed by atoms with van der Waals surface area (Å²) in [5, 5.41) is 3.82. The Balaban J connectivity index is 1.92. The highest BCUT2D eigenvalue weighted by Gasteiger charge is 2.83. The largest absolute Gasteiger partial charge is 0.325 e. The lowest BCUT2D eigenvalue weighted by Gasteiger charge is -2.66. The van der Waals surface area contributed by atoms with Gasteiger partial charge in [0.25, 0.3) is 0 Å². The number of anilines is 1. The van der Waals surface area contributed by atoms with Gasteiger partial charge in [-0.3, -0.25) is 4.79 Å². The van der Waals surface area contributed by atoms with Crippen molar-refractivity contribution in [2.45, 2.75) is 42.2 Å². The van der Waals surface area contributed by atoms with Crippen molar-refractivity contribution in [3.63, 3.8) is 0 Å². The van der Waals surface area contributed by atoms with Crippen molar-refractivity contribution in [1.82, 2.24) is 0 Å². The molecule has 0 spiro atoms. The molecule has 3 unspecified atom stereocenters. The first-order chi connectivity index (χ1) is 10.6. The van der Waals surface area contributed by atoms with Crippen LogP contribution in [0.1, 0.15) is 32.3 Å². The van der Waals surface area contributed by atoms with Crippen molar-refractivity contribution >= 4 is 71.0 Å². The van der Waals surface area contributed by atoms with E-state index in [2.05, 4.69) is 67.0 Å². The van der Waals surface area contributed by atoms with Gasteiger partial charge >= 0.3 is 0 Å². The van der Waals surface area contributed by atoms with Crippen molar-refractivity contribution in [3.05, 3.63) is 28.8 Å². The highest BCUT2D eigenvalue weighted by Crippen LogP contribution is 2.82. The Morgan fingerprint density at radius 1 is 1.35 bits per heavy atom. The van der Waals surface area contributed by atoms with E-state index in [0.29, 0.717) is 5.02 Å². The smallest absolute Gasteiger partial charge is 0.232 e. The molecule has 0 aliphatic heterocycles. The first kappa shape index (κ1) is 18.2. The van der Waals surface area contributed by atoms with Gasteiger partial charge in [0, 0.05) is 21.0 Å². The molecular weight excluding hydrogens is 509 g/mol. The first-order valence-corrected chi connectivity index (χ1v) is 10.7. The summed E-state index contributed by atoms with van der Waals surface area (Å²) in [7, 11) is 0. The normalized spacial score (nSPS) is 34.3. The van der Waals surface area contributed by atoms with E-state index in [1.54, 1.807) is 0 Å². The first-order valence-electron chi connectivity index (χ1n) is 7.61. The molecular formula is C17H19Br3ClNO. The number of amides is 1. The van der Waals surface area contributed by atoms with E-state index in [1.807, 2.05) is 25.1 Å². The van der Waals surface area contributed by atoms with Crippen LogP contribution in [0.4, 0.5) is 5.69 Å². The Morgan fingerprint density at radius 2 is 2.00 bits per heavy atom. The number of rotatable bonds is 3. The van der Waals surface area contributed by atoms with Crippen molar-refractivity contribution < 1.29 is 4.79 Å². The molecule has 0 heterocycles. The van der Waals surface area contributed by atoms with Crippen LogP contribution < -0.4 is 5.32 Å². The Bertz CT molecular complexity index is 678. The number of alkyl halides is 3. The molecule has 0 radical (unpaired) electrons. The van der Waals surface area contributed by atoms with Crippen LogP contribution in [0.5, 0.6) is 0 Å². The molecule has 6 heteroatoms. The second kappa shape index (κ2) is 5.72. The van der Waals surface area contributed by atoms with E-state index in [1.165, 1.54) is 0 Å². The van der Waals surface area contributed by atoms with E-state index in [4.69, 9.17) is 11.6 Å². The van der Waals surface area contributed by atoms with Gasteiger partial charge in [0.1, 0.15) is 0 Å². The van der Waals surface area contributed by atoms with E-state index in [9.17, 15) is 4.79 Å². The SMILES string of the molecule is Cc1cc(Cl)ccc1NC(=O)C12CCC(C(Br)Br)(C1Br)C2(C)C. The Kier molecular flexibility index (Phi) is 4.53. The van der Waals surface area contributed by atoms with Gasteiger partial charge in [0.15, 0.2) is 0 Å². The number of carbonyl (C=O) groups excluding carboxylic acids is 1. The standard InChI is InChI=1S/C17H19Br3ClNO/c1-9-8-10(21)4-5-11(9)22-14(23)17-7-6-16(12(17)18,13(19)20)15(17,2)3/h4-5,8,12-13H,6-7H2,1-3H3,(H,22,23). The van der Waals surface area contributed by atoms with Gasteiger partial charge in [-0.15, -0.1) is 0 Å². The van der Waals surface area contributed by atoms with Crippen LogP contribution in [0.3, 0.4) is 0 Å². The van der Waals surface area contributed by atoms with Crippen LogP contribution in [-0.2, 0) is 4.79 Å². The minimum Gasteiger partial charge on any atom is -0.325 e. The number of fused-ring (bicyclic) bond motifs is 1. The van der Waals surface area contributed by atoms with Crippen molar-refractivity contribution in [1.29, 1.82) is 0 Å². The molecule has 2 bridgehead atoms. The van der Waals surface area contributed by atoms with Gasteiger partial charge in [-0.1, -0.05) is 73.2 Å². The minimum atomic E-state index is -0.390. The predicted octanol–water partition coefficient (Wildman–Crippen LogP) is 6.27. The monoisotopic (exact) mass is 525 g/mol. The number of nitrogens with one attached hydrogen (secondary N) is 1. The van der Waals surface area contributed by atoms with Crippen molar-refractivity contribution in [3.8, 4) is 0 Å². The average molecular weight is 529 g/mol. The van der Waals surface area contributed by atoms with Gasteiger partial charge in [0.2, 0.25) is 5.91 Å². The number of hydrogen-bond donors (Lipinski definition) is 1. The van der Waals surface area contributed by atoms with E-state index in [0.717, 1.165) is 24.1 Å². The van der Waals surface area contributed by atoms with Crippen LogP contribution in [0, 0.1) is 23.2 Å². The minimum absolute atomic E-state index is 0.0411. The third-order valence-electron chi connectivity index (χ3n) is 6.33. The molecule has 1 N–H and O–H groups in total. The maximum Gasteiger partial charge on any atom is 0.232 e. The number of carbonyl (C=O) groups is 1. The third kappa shape index (κ3) is 2.12. The number of aryl methyl sites for hydroxylation is 1. The Morgan fingerprint density at radius 3 is 2.48 bits per heavy atom. The fraction of sp³-hybridized carbons (Fsp3) is 0.588. The lowest BCUT2D eigenvalue weighted by Crippen LogP contribution is -2.71. The van der Waals surface area contributed by atoms with Gasteiger partial charge in [-0.2, -0.15) is 0 Å². The average Bonchev–Trinajstić information content (AvgIpc) is 2.91. The second-order valence-electron chi connectivity index (χ2n) is 7.21. The molecule has 3 saturated carbocycles. The molecule has 3 fully saturated rings. The molecule has 0 saturated heterocycles. The van der Waals surface area contributed by atoms with Gasteiger partial charge < -0.3 is 5.32 Å². The fourth-order valence-corrected chi connectivity index (χ4v) is 9.84. The number of benzene rings is 1. The summed E-state index contributed by atoms with van der Waals surface area (Å²) in [4.78, 5) is 13.3. The lowest BCUT2D eigenvalue weighted by atomic mass is 9.43. The van der Waals surface area contributed by atoms with Crippen LogP contribution in [0.2, 0.25) is 5.02 Å². The summed E-state index contributed by atoms with van der Waals surface area (Å²) in [5.74, 6) is 0.101. The summed E-state index contributed by atoms with van der Waals surface area (Å²) in [5.41, 5.74) is 1.37. The molecule has 1 amide bonds. The zero-order valence-corrected chi connectivity index (χ0v) is 18.7. The lowest BCUT2D eigenvalue weighted by molar-refractivity contribution is -0.155. The topological polar surface area (TPSA) is 29.1 Å². The van der Waals surface area contributed by atoms with Crippen LogP contribution in [-0.4, -0.2) is 14.5 Å². The fourth-order valence-electron chi connectivity index (χ4n) is 4.70. The molecule has 3 aliphatic carbocycles. The summed E-state index contributed by atoms with van der Waals surface area (Å²) >= 11 is 17.3. The maximum absolute atomic E-state index is 13.2. The van der Waals surface area contributed by atoms with Crippen LogP contribution >= 0.6 is 59.4 Å². The summed E-state index contributed by atoms with van der Waals surface area (Å²) in [6, 6.07) is 5.56. The maximum atomic E-state index is 13.2. The van der Waals surface area contributed by atoms with E-state index < -0.39 is 5.41 Å². The molecule has 3 aliphatic rings. The van der Waals surface area contributed by atoms with Gasteiger partial charge in [-0.25, -0.2) is 0 Å². The second-order valence-corrected chi connectivity index (χ2v) is 11.6.